The highest BCUT2D eigenvalue weighted by molar-refractivity contribution is 8.00. The topological polar surface area (TPSA) is 75.4 Å². The van der Waals surface area contributed by atoms with Crippen molar-refractivity contribution in [2.75, 3.05) is 23.7 Å². The van der Waals surface area contributed by atoms with E-state index in [-0.39, 0.29) is 36.7 Å². The van der Waals surface area contributed by atoms with Crippen molar-refractivity contribution in [3.05, 3.63) is 24.3 Å². The molecule has 1 aliphatic rings. The van der Waals surface area contributed by atoms with Gasteiger partial charge in [0.25, 0.3) is 0 Å². The predicted octanol–water partition coefficient (Wildman–Crippen LogP) is 2.04. The maximum absolute atomic E-state index is 12.4. The maximum Gasteiger partial charge on any atom is 0.240 e. The number of halogens is 1. The van der Waals surface area contributed by atoms with Crippen molar-refractivity contribution in [2.24, 2.45) is 11.7 Å². The standard InChI is InChI=1S/C16H23N3O2S.ClH/c1-11(2)16(3,10-17)18-14(20)8-19-12-6-4-5-7-13(12)22-9-15(19)21;/h4-7,11H,8-10,17H2,1-3H3,(H,18,20);1H. The number of carbonyl (C=O) groups excluding carboxylic acids is 2. The van der Waals surface area contributed by atoms with E-state index < -0.39 is 5.54 Å². The Kier molecular flexibility index (Phi) is 6.92. The second-order valence-electron chi connectivity index (χ2n) is 6.06. The second kappa shape index (κ2) is 8.04. The third kappa shape index (κ3) is 4.40. The zero-order valence-corrected chi connectivity index (χ0v) is 15.3. The molecule has 0 aliphatic carbocycles. The second-order valence-corrected chi connectivity index (χ2v) is 7.08. The van der Waals surface area contributed by atoms with Crippen molar-refractivity contribution >= 4 is 41.7 Å². The molecule has 1 aromatic rings. The molecule has 0 fully saturated rings. The first-order valence-electron chi connectivity index (χ1n) is 7.40. The minimum atomic E-state index is -0.468. The quantitative estimate of drug-likeness (QED) is 0.845. The number of rotatable bonds is 5. The van der Waals surface area contributed by atoms with E-state index in [1.165, 1.54) is 11.8 Å². The lowest BCUT2D eigenvalue weighted by Gasteiger charge is -2.35. The molecular formula is C16H24ClN3O2S. The van der Waals surface area contributed by atoms with E-state index in [0.29, 0.717) is 12.3 Å². The summed E-state index contributed by atoms with van der Waals surface area (Å²) in [6.07, 6.45) is 0. The molecule has 7 heteroatoms. The number of hydrogen-bond donors (Lipinski definition) is 2. The van der Waals surface area contributed by atoms with Crippen LogP contribution in [0.15, 0.2) is 29.2 Å². The molecule has 1 aromatic carbocycles. The van der Waals surface area contributed by atoms with Gasteiger partial charge >= 0.3 is 0 Å². The van der Waals surface area contributed by atoms with Crippen molar-refractivity contribution in [3.8, 4) is 0 Å². The fourth-order valence-corrected chi connectivity index (χ4v) is 3.20. The molecule has 0 bridgehead atoms. The van der Waals surface area contributed by atoms with Gasteiger partial charge in [0.15, 0.2) is 0 Å². The number of nitrogens with zero attached hydrogens (tertiary/aromatic N) is 1. The molecule has 2 amide bonds. The van der Waals surface area contributed by atoms with Gasteiger partial charge in [-0.25, -0.2) is 0 Å². The van der Waals surface area contributed by atoms with Crippen LogP contribution in [-0.2, 0) is 9.59 Å². The van der Waals surface area contributed by atoms with Gasteiger partial charge in [0.05, 0.1) is 17.0 Å². The van der Waals surface area contributed by atoms with Crippen molar-refractivity contribution in [3.63, 3.8) is 0 Å². The summed E-state index contributed by atoms with van der Waals surface area (Å²) in [4.78, 5) is 27.1. The zero-order valence-electron chi connectivity index (χ0n) is 13.7. The summed E-state index contributed by atoms with van der Waals surface area (Å²) in [5.74, 6) is 0.346. The predicted molar refractivity (Wildman–Crippen MR) is 97.2 cm³/mol. The first-order valence-corrected chi connectivity index (χ1v) is 8.39. The molecule has 1 heterocycles. The lowest BCUT2D eigenvalue weighted by Crippen LogP contribution is -2.57. The number of thioether (sulfide) groups is 1. The normalized spacial score (nSPS) is 16.4. The number of fused-ring (bicyclic) bond motifs is 1. The minimum Gasteiger partial charge on any atom is -0.348 e. The summed E-state index contributed by atoms with van der Waals surface area (Å²) >= 11 is 1.51. The molecule has 2 rings (SSSR count). The molecule has 23 heavy (non-hydrogen) atoms. The highest BCUT2D eigenvalue weighted by atomic mass is 35.5. The molecule has 1 aliphatic heterocycles. The molecule has 3 N–H and O–H groups in total. The smallest absolute Gasteiger partial charge is 0.240 e. The fourth-order valence-electron chi connectivity index (χ4n) is 2.26. The number of anilines is 1. The lowest BCUT2D eigenvalue weighted by atomic mass is 9.88. The van der Waals surface area contributed by atoms with Crippen molar-refractivity contribution in [1.29, 1.82) is 0 Å². The van der Waals surface area contributed by atoms with Crippen LogP contribution in [0.3, 0.4) is 0 Å². The Balaban J connectivity index is 0.00000264. The minimum absolute atomic E-state index is 0. The summed E-state index contributed by atoms with van der Waals surface area (Å²) in [5, 5.41) is 2.98. The van der Waals surface area contributed by atoms with Gasteiger partial charge in [0.2, 0.25) is 11.8 Å². The van der Waals surface area contributed by atoms with Crippen molar-refractivity contribution in [2.45, 2.75) is 31.2 Å². The van der Waals surface area contributed by atoms with Gasteiger partial charge < -0.3 is 16.0 Å². The molecule has 0 aromatic heterocycles. The average Bonchev–Trinajstić information content (AvgIpc) is 2.49. The molecule has 0 spiro atoms. The monoisotopic (exact) mass is 357 g/mol. The third-order valence-electron chi connectivity index (χ3n) is 4.23. The maximum atomic E-state index is 12.4. The summed E-state index contributed by atoms with van der Waals surface area (Å²) < 4.78 is 0. The van der Waals surface area contributed by atoms with Gasteiger partial charge in [-0.2, -0.15) is 0 Å². The fraction of sp³-hybridized carbons (Fsp3) is 0.500. The Morgan fingerprint density at radius 2 is 2.09 bits per heavy atom. The molecule has 0 radical (unpaired) electrons. The Hall–Kier alpha value is -1.24. The van der Waals surface area contributed by atoms with Gasteiger partial charge in [0.1, 0.15) is 6.54 Å². The van der Waals surface area contributed by atoms with Gasteiger partial charge in [-0.05, 0) is 25.0 Å². The van der Waals surface area contributed by atoms with E-state index >= 15 is 0 Å². The van der Waals surface area contributed by atoms with Gasteiger partial charge in [-0.3, -0.25) is 9.59 Å². The Morgan fingerprint density at radius 1 is 1.43 bits per heavy atom. The van der Waals surface area contributed by atoms with Gasteiger partial charge in [0, 0.05) is 11.4 Å². The number of nitrogens with two attached hydrogens (primary N) is 1. The van der Waals surface area contributed by atoms with E-state index in [1.807, 2.05) is 45.0 Å². The van der Waals surface area contributed by atoms with Crippen LogP contribution in [0.1, 0.15) is 20.8 Å². The molecule has 0 saturated heterocycles. The molecule has 1 unspecified atom stereocenters. The number of hydrogen-bond acceptors (Lipinski definition) is 4. The molecular weight excluding hydrogens is 334 g/mol. The summed E-state index contributed by atoms with van der Waals surface area (Å²) in [6, 6.07) is 7.65. The SMILES string of the molecule is CC(C)C(C)(CN)NC(=O)CN1C(=O)CSc2ccccc21.Cl. The molecule has 1 atom stereocenters. The third-order valence-corrected chi connectivity index (χ3v) is 5.28. The van der Waals surface area contributed by atoms with Crippen LogP contribution in [0.5, 0.6) is 0 Å². The molecule has 128 valence electrons. The van der Waals surface area contributed by atoms with Crippen molar-refractivity contribution in [1.82, 2.24) is 5.32 Å². The van der Waals surface area contributed by atoms with Crippen LogP contribution in [0, 0.1) is 5.92 Å². The van der Waals surface area contributed by atoms with E-state index in [9.17, 15) is 9.59 Å². The van der Waals surface area contributed by atoms with E-state index in [4.69, 9.17) is 5.73 Å². The number of carbonyl (C=O) groups is 2. The first kappa shape index (κ1) is 19.8. The summed E-state index contributed by atoms with van der Waals surface area (Å²) in [5.41, 5.74) is 6.13. The average molecular weight is 358 g/mol. The number of para-hydroxylation sites is 1. The summed E-state index contributed by atoms with van der Waals surface area (Å²) in [6.45, 7) is 6.35. The Morgan fingerprint density at radius 3 is 2.70 bits per heavy atom. The highest BCUT2D eigenvalue weighted by Crippen LogP contribution is 2.34. The number of benzene rings is 1. The number of nitrogens with one attached hydrogen (secondary N) is 1. The number of amides is 2. The molecule has 5 nitrogen and oxygen atoms in total. The van der Waals surface area contributed by atoms with Crippen LogP contribution in [0.25, 0.3) is 0 Å². The molecule has 0 saturated carbocycles. The van der Waals surface area contributed by atoms with E-state index in [2.05, 4.69) is 5.32 Å². The largest absolute Gasteiger partial charge is 0.348 e. The van der Waals surface area contributed by atoms with Crippen LogP contribution >= 0.6 is 24.2 Å². The Labute approximate surface area is 147 Å². The Bertz CT molecular complexity index is 582. The van der Waals surface area contributed by atoms with Crippen LogP contribution < -0.4 is 16.0 Å². The van der Waals surface area contributed by atoms with Crippen LogP contribution in [0.4, 0.5) is 5.69 Å². The van der Waals surface area contributed by atoms with Crippen LogP contribution in [-0.4, -0.2) is 36.2 Å². The van der Waals surface area contributed by atoms with Crippen molar-refractivity contribution < 1.29 is 9.59 Å². The van der Waals surface area contributed by atoms with Gasteiger partial charge in [-0.1, -0.05) is 26.0 Å². The van der Waals surface area contributed by atoms with E-state index in [0.717, 1.165) is 10.6 Å². The van der Waals surface area contributed by atoms with Gasteiger partial charge in [-0.15, -0.1) is 24.2 Å². The zero-order chi connectivity index (χ0) is 16.3. The van der Waals surface area contributed by atoms with Crippen LogP contribution in [0.2, 0.25) is 0 Å². The van der Waals surface area contributed by atoms with E-state index in [1.54, 1.807) is 4.90 Å². The highest BCUT2D eigenvalue weighted by Gasteiger charge is 2.31. The summed E-state index contributed by atoms with van der Waals surface area (Å²) in [7, 11) is 0. The lowest BCUT2D eigenvalue weighted by molar-refractivity contribution is -0.124. The first-order chi connectivity index (χ1) is 10.4.